The standard InChI is InChI=1S/C13H11BrN2O3/c14-11-5-2-6-12(16(17)18)13(11)19-8-9-3-1-4-10(15)7-9/h1-7H,8,15H2. The van der Waals surface area contributed by atoms with Crippen molar-refractivity contribution in [3.05, 3.63) is 62.6 Å². The Kier molecular flexibility index (Phi) is 4.01. The number of hydrogen-bond donors (Lipinski definition) is 1. The summed E-state index contributed by atoms with van der Waals surface area (Å²) in [6, 6.07) is 11.9. The van der Waals surface area contributed by atoms with Gasteiger partial charge in [-0.05, 0) is 39.7 Å². The predicted octanol–water partition coefficient (Wildman–Crippen LogP) is 3.52. The Morgan fingerprint density at radius 2 is 2.00 bits per heavy atom. The van der Waals surface area contributed by atoms with Gasteiger partial charge in [0.1, 0.15) is 6.61 Å². The highest BCUT2D eigenvalue weighted by Crippen LogP contribution is 2.35. The molecule has 0 bridgehead atoms. The lowest BCUT2D eigenvalue weighted by Crippen LogP contribution is -2.00. The van der Waals surface area contributed by atoms with E-state index in [1.165, 1.54) is 6.07 Å². The van der Waals surface area contributed by atoms with Crippen LogP contribution in [0.2, 0.25) is 0 Å². The van der Waals surface area contributed by atoms with Gasteiger partial charge in [-0.1, -0.05) is 18.2 Å². The number of nitrogen functional groups attached to an aromatic ring is 1. The van der Waals surface area contributed by atoms with E-state index in [0.717, 1.165) is 5.56 Å². The molecule has 0 saturated heterocycles. The maximum Gasteiger partial charge on any atom is 0.312 e. The second-order valence-electron chi connectivity index (χ2n) is 3.88. The quantitative estimate of drug-likeness (QED) is 0.530. The number of nitro groups is 1. The van der Waals surface area contributed by atoms with Crippen molar-refractivity contribution in [3.63, 3.8) is 0 Å². The van der Waals surface area contributed by atoms with Crippen molar-refractivity contribution in [1.29, 1.82) is 0 Å². The number of hydrogen-bond acceptors (Lipinski definition) is 4. The molecule has 98 valence electrons. The fourth-order valence-corrected chi connectivity index (χ4v) is 2.09. The van der Waals surface area contributed by atoms with Crippen LogP contribution in [0.3, 0.4) is 0 Å². The number of halogens is 1. The zero-order chi connectivity index (χ0) is 13.8. The third kappa shape index (κ3) is 3.23. The average Bonchev–Trinajstić information content (AvgIpc) is 2.37. The van der Waals surface area contributed by atoms with Crippen LogP contribution >= 0.6 is 15.9 Å². The molecule has 0 aliphatic heterocycles. The number of para-hydroxylation sites is 1. The number of anilines is 1. The van der Waals surface area contributed by atoms with Crippen molar-refractivity contribution >= 4 is 27.3 Å². The van der Waals surface area contributed by atoms with Gasteiger partial charge in [-0.15, -0.1) is 0 Å². The van der Waals surface area contributed by atoms with Gasteiger partial charge in [-0.25, -0.2) is 0 Å². The van der Waals surface area contributed by atoms with Gasteiger partial charge in [0.15, 0.2) is 0 Å². The maximum atomic E-state index is 10.9. The summed E-state index contributed by atoms with van der Waals surface area (Å²) < 4.78 is 6.07. The lowest BCUT2D eigenvalue weighted by Gasteiger charge is -2.09. The molecule has 0 aromatic heterocycles. The third-order valence-corrected chi connectivity index (χ3v) is 3.10. The first-order chi connectivity index (χ1) is 9.08. The Balaban J connectivity index is 2.22. The van der Waals surface area contributed by atoms with Crippen LogP contribution in [0.15, 0.2) is 46.9 Å². The van der Waals surface area contributed by atoms with Gasteiger partial charge in [0, 0.05) is 11.8 Å². The highest BCUT2D eigenvalue weighted by molar-refractivity contribution is 9.10. The molecule has 19 heavy (non-hydrogen) atoms. The third-order valence-electron chi connectivity index (χ3n) is 2.48. The van der Waals surface area contributed by atoms with Crippen LogP contribution in [0.1, 0.15) is 5.56 Å². The van der Waals surface area contributed by atoms with Crippen LogP contribution in [0.25, 0.3) is 0 Å². The molecular formula is C13H11BrN2O3. The summed E-state index contributed by atoms with van der Waals surface area (Å²) in [5.74, 6) is 0.218. The lowest BCUT2D eigenvalue weighted by atomic mass is 10.2. The summed E-state index contributed by atoms with van der Waals surface area (Å²) >= 11 is 3.25. The van der Waals surface area contributed by atoms with E-state index in [0.29, 0.717) is 10.2 Å². The Morgan fingerprint density at radius 1 is 1.26 bits per heavy atom. The van der Waals surface area contributed by atoms with E-state index in [2.05, 4.69) is 15.9 Å². The van der Waals surface area contributed by atoms with Crippen LogP contribution in [-0.2, 0) is 6.61 Å². The zero-order valence-corrected chi connectivity index (χ0v) is 11.5. The smallest absolute Gasteiger partial charge is 0.312 e. The summed E-state index contributed by atoms with van der Waals surface area (Å²) in [6.45, 7) is 0.217. The monoisotopic (exact) mass is 322 g/mol. The fraction of sp³-hybridized carbons (Fsp3) is 0.0769. The SMILES string of the molecule is Nc1cccc(COc2c(Br)cccc2[N+](=O)[O-])c1. The molecule has 0 spiro atoms. The Morgan fingerprint density at radius 3 is 2.68 bits per heavy atom. The first-order valence-corrected chi connectivity index (χ1v) is 6.27. The minimum absolute atomic E-state index is 0.0710. The summed E-state index contributed by atoms with van der Waals surface area (Å²) in [5, 5.41) is 10.9. The van der Waals surface area contributed by atoms with Gasteiger partial charge in [-0.2, -0.15) is 0 Å². The number of rotatable bonds is 4. The molecule has 5 nitrogen and oxygen atoms in total. The molecule has 0 radical (unpaired) electrons. The molecule has 6 heteroatoms. The Hall–Kier alpha value is -2.08. The number of nitrogens with two attached hydrogens (primary N) is 1. The molecule has 0 fully saturated rings. The molecule has 0 amide bonds. The van der Waals surface area contributed by atoms with Gasteiger partial charge < -0.3 is 10.5 Å². The topological polar surface area (TPSA) is 78.4 Å². The van der Waals surface area contributed by atoms with Crippen molar-refractivity contribution in [1.82, 2.24) is 0 Å². The first kappa shape index (κ1) is 13.4. The van der Waals surface area contributed by atoms with Crippen molar-refractivity contribution in [3.8, 4) is 5.75 Å². The van der Waals surface area contributed by atoms with E-state index >= 15 is 0 Å². The molecule has 0 unspecified atom stereocenters. The minimum Gasteiger partial charge on any atom is -0.481 e. The maximum absolute atomic E-state index is 10.9. The van der Waals surface area contributed by atoms with Crippen LogP contribution in [0.4, 0.5) is 11.4 Å². The van der Waals surface area contributed by atoms with E-state index in [1.54, 1.807) is 24.3 Å². The normalized spacial score (nSPS) is 10.2. The molecule has 0 atom stereocenters. The second kappa shape index (κ2) is 5.71. The van der Waals surface area contributed by atoms with Gasteiger partial charge in [0.25, 0.3) is 0 Å². The molecule has 2 N–H and O–H groups in total. The van der Waals surface area contributed by atoms with Crippen molar-refractivity contribution < 1.29 is 9.66 Å². The summed E-state index contributed by atoms with van der Waals surface area (Å²) in [5.41, 5.74) is 7.07. The molecule has 2 rings (SSSR count). The molecule has 0 aliphatic rings. The van der Waals surface area contributed by atoms with E-state index in [-0.39, 0.29) is 18.0 Å². The van der Waals surface area contributed by atoms with Crippen molar-refractivity contribution in [2.75, 3.05) is 5.73 Å². The van der Waals surface area contributed by atoms with E-state index in [1.807, 2.05) is 12.1 Å². The van der Waals surface area contributed by atoms with Gasteiger partial charge in [-0.3, -0.25) is 10.1 Å². The van der Waals surface area contributed by atoms with Gasteiger partial charge in [0.2, 0.25) is 5.75 Å². The molecule has 0 heterocycles. The van der Waals surface area contributed by atoms with Gasteiger partial charge in [0.05, 0.1) is 9.40 Å². The van der Waals surface area contributed by atoms with E-state index in [4.69, 9.17) is 10.5 Å². The van der Waals surface area contributed by atoms with E-state index < -0.39 is 4.92 Å². The van der Waals surface area contributed by atoms with Crippen LogP contribution in [0, 0.1) is 10.1 Å². The average molecular weight is 323 g/mol. The van der Waals surface area contributed by atoms with Gasteiger partial charge >= 0.3 is 5.69 Å². The molecular weight excluding hydrogens is 312 g/mol. The second-order valence-corrected chi connectivity index (χ2v) is 4.73. The summed E-state index contributed by atoms with van der Waals surface area (Å²) in [4.78, 5) is 10.5. The van der Waals surface area contributed by atoms with Crippen molar-refractivity contribution in [2.24, 2.45) is 0 Å². The Labute approximate surface area is 118 Å². The minimum atomic E-state index is -0.473. The fourth-order valence-electron chi connectivity index (χ4n) is 1.62. The van der Waals surface area contributed by atoms with E-state index in [9.17, 15) is 10.1 Å². The number of nitro benzene ring substituents is 1. The van der Waals surface area contributed by atoms with Crippen LogP contribution in [-0.4, -0.2) is 4.92 Å². The van der Waals surface area contributed by atoms with Crippen molar-refractivity contribution in [2.45, 2.75) is 6.61 Å². The molecule has 0 aliphatic carbocycles. The summed E-state index contributed by atoms with van der Waals surface area (Å²) in [7, 11) is 0. The summed E-state index contributed by atoms with van der Waals surface area (Å²) in [6.07, 6.45) is 0. The number of nitrogens with zero attached hydrogens (tertiary/aromatic N) is 1. The number of benzene rings is 2. The Bertz CT molecular complexity index is 617. The van der Waals surface area contributed by atoms with Crippen LogP contribution < -0.4 is 10.5 Å². The predicted molar refractivity (Wildman–Crippen MR) is 76.0 cm³/mol. The molecule has 0 saturated carbocycles. The largest absolute Gasteiger partial charge is 0.481 e. The van der Waals surface area contributed by atoms with Crippen LogP contribution in [0.5, 0.6) is 5.75 Å². The zero-order valence-electron chi connectivity index (χ0n) is 9.88. The molecule has 2 aromatic rings. The molecule has 2 aromatic carbocycles. The lowest BCUT2D eigenvalue weighted by molar-refractivity contribution is -0.386. The first-order valence-electron chi connectivity index (χ1n) is 5.48. The number of ether oxygens (including phenoxy) is 1. The highest BCUT2D eigenvalue weighted by atomic mass is 79.9. The highest BCUT2D eigenvalue weighted by Gasteiger charge is 2.17.